The van der Waals surface area contributed by atoms with E-state index < -0.39 is 0 Å². The lowest BCUT2D eigenvalue weighted by Gasteiger charge is -2.27. The normalized spacial score (nSPS) is 12.5. The smallest absolute Gasteiger partial charge is 0.0606 e. The zero-order chi connectivity index (χ0) is 13.5. The predicted molar refractivity (Wildman–Crippen MR) is 81.0 cm³/mol. The second kappa shape index (κ2) is 7.77. The molecule has 0 aromatic heterocycles. The second-order valence-electron chi connectivity index (χ2n) is 4.56. The van der Waals surface area contributed by atoms with Crippen molar-refractivity contribution in [3.8, 4) is 0 Å². The summed E-state index contributed by atoms with van der Waals surface area (Å²) >= 11 is 3.48. The van der Waals surface area contributed by atoms with Crippen molar-refractivity contribution in [3.63, 3.8) is 0 Å². The lowest BCUT2D eigenvalue weighted by atomic mass is 10.1. The maximum absolute atomic E-state index is 9.20. The van der Waals surface area contributed by atoms with Gasteiger partial charge in [0.25, 0.3) is 0 Å². The molecule has 1 aromatic carbocycles. The lowest BCUT2D eigenvalue weighted by molar-refractivity contribution is 0.301. The van der Waals surface area contributed by atoms with Crippen LogP contribution in [-0.4, -0.2) is 24.8 Å². The molecule has 0 fully saturated rings. The number of aliphatic hydroxyl groups is 1. The van der Waals surface area contributed by atoms with E-state index in [1.807, 2.05) is 13.0 Å². The number of hydrogen-bond acceptors (Lipinski definition) is 3. The first-order chi connectivity index (χ1) is 8.60. The molecule has 0 saturated heterocycles. The van der Waals surface area contributed by atoms with E-state index in [-0.39, 0.29) is 12.6 Å². The minimum absolute atomic E-state index is 0.0136. The van der Waals surface area contributed by atoms with E-state index in [1.54, 1.807) is 0 Å². The van der Waals surface area contributed by atoms with E-state index in [0.717, 1.165) is 35.1 Å². The van der Waals surface area contributed by atoms with Gasteiger partial charge in [-0.1, -0.05) is 29.3 Å². The van der Waals surface area contributed by atoms with E-state index in [9.17, 15) is 5.11 Å². The number of anilines is 1. The molecular weight excluding hydrogens is 292 g/mol. The molecule has 0 bridgehead atoms. The van der Waals surface area contributed by atoms with Gasteiger partial charge in [0.05, 0.1) is 6.61 Å². The van der Waals surface area contributed by atoms with Gasteiger partial charge < -0.3 is 15.7 Å². The molecule has 0 amide bonds. The van der Waals surface area contributed by atoms with Gasteiger partial charge in [-0.05, 0) is 37.1 Å². The average molecular weight is 315 g/mol. The van der Waals surface area contributed by atoms with Crippen LogP contribution < -0.4 is 10.6 Å². The topological polar surface area (TPSA) is 49.5 Å². The first-order valence-corrected chi connectivity index (χ1v) is 7.30. The lowest BCUT2D eigenvalue weighted by Crippen LogP contribution is -2.29. The number of unbranched alkanes of at least 4 members (excludes halogenated alkanes) is 1. The molecule has 1 aromatic rings. The number of rotatable bonds is 7. The van der Waals surface area contributed by atoms with Crippen LogP contribution in [-0.2, 0) is 0 Å². The van der Waals surface area contributed by atoms with Gasteiger partial charge in [-0.15, -0.1) is 0 Å². The van der Waals surface area contributed by atoms with Crippen LogP contribution in [0.2, 0.25) is 0 Å². The van der Waals surface area contributed by atoms with Crippen molar-refractivity contribution >= 4 is 21.6 Å². The molecule has 3 nitrogen and oxygen atoms in total. The number of nitrogens with zero attached hydrogens (tertiary/aromatic N) is 1. The number of nitrogens with two attached hydrogens (primary N) is 1. The monoisotopic (exact) mass is 314 g/mol. The van der Waals surface area contributed by atoms with Gasteiger partial charge >= 0.3 is 0 Å². The fraction of sp³-hybridized carbons (Fsp3) is 0.571. The molecule has 0 aliphatic heterocycles. The molecule has 3 N–H and O–H groups in total. The molecule has 1 atom stereocenters. The summed E-state index contributed by atoms with van der Waals surface area (Å²) in [5.41, 5.74) is 8.29. The highest BCUT2D eigenvalue weighted by Crippen LogP contribution is 2.28. The Morgan fingerprint density at radius 1 is 1.39 bits per heavy atom. The highest BCUT2D eigenvalue weighted by Gasteiger charge is 2.13. The van der Waals surface area contributed by atoms with E-state index >= 15 is 0 Å². The summed E-state index contributed by atoms with van der Waals surface area (Å²) in [6.07, 6.45) is 2.26. The van der Waals surface area contributed by atoms with Crippen molar-refractivity contribution in [2.45, 2.75) is 32.7 Å². The second-order valence-corrected chi connectivity index (χ2v) is 5.47. The molecule has 0 aliphatic rings. The Labute approximate surface area is 118 Å². The Bertz CT molecular complexity index is 369. The Hall–Kier alpha value is -0.580. The minimum Gasteiger partial charge on any atom is -0.395 e. The number of aliphatic hydroxyl groups excluding tert-OH is 1. The van der Waals surface area contributed by atoms with Crippen LogP contribution in [0.25, 0.3) is 0 Å². The Kier molecular flexibility index (Phi) is 6.68. The van der Waals surface area contributed by atoms with Crippen LogP contribution in [0.15, 0.2) is 22.7 Å². The van der Waals surface area contributed by atoms with Gasteiger partial charge in [0.2, 0.25) is 0 Å². The fourth-order valence-corrected chi connectivity index (χ4v) is 2.38. The van der Waals surface area contributed by atoms with Crippen molar-refractivity contribution in [2.24, 2.45) is 5.73 Å². The number of benzene rings is 1. The van der Waals surface area contributed by atoms with Gasteiger partial charge in [0, 0.05) is 29.3 Å². The number of hydrogen-bond donors (Lipinski definition) is 2. The molecular formula is C14H23BrN2O. The molecule has 0 spiro atoms. The first kappa shape index (κ1) is 15.5. The Morgan fingerprint density at radius 3 is 2.67 bits per heavy atom. The standard InChI is InChI=1S/C14H23BrN2O/c1-3-4-7-17(8-9-18)14-6-5-12(15)10-13(14)11(2)16/h5-6,10-11,18H,3-4,7-9,16H2,1-2H3. The predicted octanol–water partition coefficient (Wildman–Crippen LogP) is 3.07. The summed E-state index contributed by atoms with van der Waals surface area (Å²) < 4.78 is 1.04. The van der Waals surface area contributed by atoms with Crippen LogP contribution in [0.5, 0.6) is 0 Å². The van der Waals surface area contributed by atoms with Crippen LogP contribution >= 0.6 is 15.9 Å². The molecule has 0 radical (unpaired) electrons. The van der Waals surface area contributed by atoms with Gasteiger partial charge in [0.15, 0.2) is 0 Å². The highest BCUT2D eigenvalue weighted by molar-refractivity contribution is 9.10. The molecule has 0 saturated carbocycles. The quantitative estimate of drug-likeness (QED) is 0.813. The summed E-state index contributed by atoms with van der Waals surface area (Å²) in [5.74, 6) is 0. The molecule has 1 rings (SSSR count). The molecule has 0 aliphatic carbocycles. The van der Waals surface area contributed by atoms with Crippen molar-refractivity contribution < 1.29 is 5.11 Å². The molecule has 1 unspecified atom stereocenters. The summed E-state index contributed by atoms with van der Waals surface area (Å²) in [5, 5.41) is 9.20. The van der Waals surface area contributed by atoms with E-state index in [4.69, 9.17) is 5.73 Å². The average Bonchev–Trinajstić information content (AvgIpc) is 2.34. The fourth-order valence-electron chi connectivity index (χ4n) is 2.00. The molecule has 0 heterocycles. The summed E-state index contributed by atoms with van der Waals surface area (Å²) in [7, 11) is 0. The van der Waals surface area contributed by atoms with Crippen molar-refractivity contribution in [3.05, 3.63) is 28.2 Å². The third kappa shape index (κ3) is 4.26. The molecule has 102 valence electrons. The van der Waals surface area contributed by atoms with Crippen LogP contribution in [0.1, 0.15) is 38.3 Å². The molecule has 4 heteroatoms. The van der Waals surface area contributed by atoms with E-state index in [2.05, 4.69) is 39.9 Å². The van der Waals surface area contributed by atoms with Crippen molar-refractivity contribution in [1.29, 1.82) is 0 Å². The molecule has 18 heavy (non-hydrogen) atoms. The SMILES string of the molecule is CCCCN(CCO)c1ccc(Br)cc1C(C)N. The van der Waals surface area contributed by atoms with Gasteiger partial charge in [0.1, 0.15) is 0 Å². The Morgan fingerprint density at radius 2 is 2.11 bits per heavy atom. The van der Waals surface area contributed by atoms with E-state index in [1.165, 1.54) is 0 Å². The summed E-state index contributed by atoms with van der Waals surface area (Å²) in [6, 6.07) is 6.16. The maximum atomic E-state index is 9.20. The van der Waals surface area contributed by atoms with Gasteiger partial charge in [-0.3, -0.25) is 0 Å². The van der Waals surface area contributed by atoms with Crippen molar-refractivity contribution in [1.82, 2.24) is 0 Å². The van der Waals surface area contributed by atoms with Gasteiger partial charge in [-0.25, -0.2) is 0 Å². The highest BCUT2D eigenvalue weighted by atomic mass is 79.9. The van der Waals surface area contributed by atoms with E-state index in [0.29, 0.717) is 6.54 Å². The van der Waals surface area contributed by atoms with Crippen molar-refractivity contribution in [2.75, 3.05) is 24.6 Å². The van der Waals surface area contributed by atoms with Gasteiger partial charge in [-0.2, -0.15) is 0 Å². The number of halogens is 1. The van der Waals surface area contributed by atoms with Crippen LogP contribution in [0.4, 0.5) is 5.69 Å². The summed E-state index contributed by atoms with van der Waals surface area (Å²) in [6.45, 7) is 5.94. The first-order valence-electron chi connectivity index (χ1n) is 6.51. The van der Waals surface area contributed by atoms with Crippen LogP contribution in [0, 0.1) is 0 Å². The maximum Gasteiger partial charge on any atom is 0.0606 e. The largest absolute Gasteiger partial charge is 0.395 e. The van der Waals surface area contributed by atoms with Crippen LogP contribution in [0.3, 0.4) is 0 Å². The Balaban J connectivity index is 3.01. The zero-order valence-corrected chi connectivity index (χ0v) is 12.8. The minimum atomic E-state index is -0.0136. The zero-order valence-electron chi connectivity index (χ0n) is 11.2. The third-order valence-corrected chi connectivity index (χ3v) is 3.47. The third-order valence-electron chi connectivity index (χ3n) is 2.97. The summed E-state index contributed by atoms with van der Waals surface area (Å²) in [4.78, 5) is 2.22.